The summed E-state index contributed by atoms with van der Waals surface area (Å²) in [7, 11) is 2.28. The number of benzene rings is 2. The first-order chi connectivity index (χ1) is 13.1. The molecule has 2 bridgehead atoms. The molecule has 0 unspecified atom stereocenters. The molecule has 5 rings (SSSR count). The van der Waals surface area contributed by atoms with Crippen LogP contribution >= 0.6 is 0 Å². The SMILES string of the molecule is CN1C[C@]23Cc4ccc(C#N)cc4[C@](C)(C2)[C@@H](NCCc2ccccc2)[C@H]13. The van der Waals surface area contributed by atoms with Gasteiger partial charge in [0.15, 0.2) is 0 Å². The predicted molar refractivity (Wildman–Crippen MR) is 108 cm³/mol. The molecule has 1 N–H and O–H groups in total. The standard InChI is InChI=1S/C24H27N3/c1-23-15-24(13-19-9-8-18(14-25)12-20(19)23)16-27(2)22(24)21(23)26-11-10-17-6-4-3-5-7-17/h3-9,12,21-22,26H,10-11,13,15-16H2,1-2H3/t21-,22-,23-,24-/m0/s1. The quantitative estimate of drug-likeness (QED) is 0.913. The van der Waals surface area contributed by atoms with Crippen molar-refractivity contribution in [3.05, 3.63) is 70.8 Å². The van der Waals surface area contributed by atoms with Gasteiger partial charge in [-0.2, -0.15) is 5.26 Å². The maximum atomic E-state index is 9.41. The summed E-state index contributed by atoms with van der Waals surface area (Å²) in [5.74, 6) is 0. The molecular formula is C24H27N3. The Morgan fingerprint density at radius 2 is 2.04 bits per heavy atom. The Kier molecular flexibility index (Phi) is 3.73. The van der Waals surface area contributed by atoms with Gasteiger partial charge in [0, 0.05) is 29.5 Å². The Bertz CT molecular complexity index is 915. The molecule has 1 aliphatic heterocycles. The van der Waals surface area contributed by atoms with Gasteiger partial charge >= 0.3 is 0 Å². The number of hydrogen-bond acceptors (Lipinski definition) is 3. The zero-order chi connectivity index (χ0) is 18.6. The monoisotopic (exact) mass is 357 g/mol. The lowest BCUT2D eigenvalue weighted by Gasteiger charge is -2.55. The Hall–Kier alpha value is -2.15. The molecular weight excluding hydrogens is 330 g/mol. The maximum Gasteiger partial charge on any atom is 0.0991 e. The normalized spacial score (nSPS) is 33.7. The number of likely N-dealkylation sites (N-methyl/N-ethyl adjacent to an activating group) is 1. The Morgan fingerprint density at radius 3 is 2.78 bits per heavy atom. The molecule has 0 aromatic heterocycles. The fourth-order valence-corrected chi connectivity index (χ4v) is 6.55. The second-order valence-corrected chi connectivity index (χ2v) is 9.14. The van der Waals surface area contributed by atoms with Crippen molar-refractivity contribution >= 4 is 0 Å². The van der Waals surface area contributed by atoms with Crippen LogP contribution in [0.4, 0.5) is 0 Å². The lowest BCUT2D eigenvalue weighted by atomic mass is 9.63. The summed E-state index contributed by atoms with van der Waals surface area (Å²) >= 11 is 0. The lowest BCUT2D eigenvalue weighted by Crippen LogP contribution is -2.66. The molecule has 0 radical (unpaired) electrons. The van der Waals surface area contributed by atoms with Gasteiger partial charge < -0.3 is 10.2 Å². The van der Waals surface area contributed by atoms with Crippen LogP contribution in [0.3, 0.4) is 0 Å². The van der Waals surface area contributed by atoms with Crippen LogP contribution in [0, 0.1) is 16.7 Å². The van der Waals surface area contributed by atoms with E-state index in [2.05, 4.69) is 72.7 Å². The molecule has 27 heavy (non-hydrogen) atoms. The summed E-state index contributed by atoms with van der Waals surface area (Å²) in [5, 5.41) is 13.4. The molecule has 1 spiro atoms. The first-order valence-electron chi connectivity index (χ1n) is 10.1. The van der Waals surface area contributed by atoms with Crippen molar-refractivity contribution < 1.29 is 0 Å². The molecule has 3 heteroatoms. The smallest absolute Gasteiger partial charge is 0.0991 e. The number of nitriles is 1. The molecule has 4 atom stereocenters. The van der Waals surface area contributed by atoms with E-state index in [1.807, 2.05) is 6.07 Å². The first kappa shape index (κ1) is 17.0. The zero-order valence-electron chi connectivity index (χ0n) is 16.2. The maximum absolute atomic E-state index is 9.41. The van der Waals surface area contributed by atoms with E-state index >= 15 is 0 Å². The van der Waals surface area contributed by atoms with Crippen LogP contribution in [-0.2, 0) is 18.3 Å². The highest BCUT2D eigenvalue weighted by Gasteiger charge is 2.68. The van der Waals surface area contributed by atoms with Gasteiger partial charge in [-0.25, -0.2) is 0 Å². The van der Waals surface area contributed by atoms with Crippen LogP contribution in [0.25, 0.3) is 0 Å². The first-order valence-corrected chi connectivity index (χ1v) is 10.1. The number of nitrogens with one attached hydrogen (secondary N) is 1. The van der Waals surface area contributed by atoms with Gasteiger partial charge in [0.05, 0.1) is 11.6 Å². The minimum atomic E-state index is 0.104. The number of hydrogen-bond donors (Lipinski definition) is 1. The molecule has 138 valence electrons. The predicted octanol–water partition coefficient (Wildman–Crippen LogP) is 3.28. The molecule has 1 saturated carbocycles. The second-order valence-electron chi connectivity index (χ2n) is 9.14. The molecule has 2 aromatic rings. The summed E-state index contributed by atoms with van der Waals surface area (Å²) in [6.07, 6.45) is 3.46. The van der Waals surface area contributed by atoms with E-state index in [1.165, 1.54) is 29.7 Å². The van der Waals surface area contributed by atoms with E-state index in [1.54, 1.807) is 0 Å². The third-order valence-electron chi connectivity index (χ3n) is 7.41. The topological polar surface area (TPSA) is 39.1 Å². The summed E-state index contributed by atoms with van der Waals surface area (Å²) in [6, 6.07) is 20.5. The average Bonchev–Trinajstić information content (AvgIpc) is 2.83. The van der Waals surface area contributed by atoms with Crippen molar-refractivity contribution in [3.63, 3.8) is 0 Å². The molecule has 2 aliphatic carbocycles. The molecule has 2 fully saturated rings. The Morgan fingerprint density at radius 1 is 1.22 bits per heavy atom. The number of rotatable bonds is 4. The highest BCUT2D eigenvalue weighted by atomic mass is 15.3. The van der Waals surface area contributed by atoms with Gasteiger partial charge in [0.2, 0.25) is 0 Å². The van der Waals surface area contributed by atoms with E-state index < -0.39 is 0 Å². The summed E-state index contributed by atoms with van der Waals surface area (Å²) in [6.45, 7) is 4.63. The van der Waals surface area contributed by atoms with E-state index in [4.69, 9.17) is 0 Å². The Labute approximate surface area is 162 Å². The van der Waals surface area contributed by atoms with Gasteiger partial charge in [-0.05, 0) is 61.7 Å². The number of nitrogens with zero attached hydrogens (tertiary/aromatic N) is 2. The molecule has 2 aromatic carbocycles. The van der Waals surface area contributed by atoms with Crippen molar-refractivity contribution in [2.24, 2.45) is 5.41 Å². The van der Waals surface area contributed by atoms with Crippen LogP contribution in [0.1, 0.15) is 35.6 Å². The van der Waals surface area contributed by atoms with Gasteiger partial charge in [-0.1, -0.05) is 43.3 Å². The van der Waals surface area contributed by atoms with Crippen LogP contribution in [-0.4, -0.2) is 37.1 Å². The van der Waals surface area contributed by atoms with Crippen molar-refractivity contribution in [2.45, 2.75) is 43.7 Å². The highest BCUT2D eigenvalue weighted by molar-refractivity contribution is 5.50. The van der Waals surface area contributed by atoms with E-state index in [9.17, 15) is 5.26 Å². The average molecular weight is 358 g/mol. The molecule has 3 aliphatic rings. The summed E-state index contributed by atoms with van der Waals surface area (Å²) in [4.78, 5) is 2.54. The van der Waals surface area contributed by atoms with Crippen LogP contribution < -0.4 is 5.32 Å². The van der Waals surface area contributed by atoms with E-state index in [0.29, 0.717) is 17.5 Å². The van der Waals surface area contributed by atoms with Crippen molar-refractivity contribution in [2.75, 3.05) is 20.1 Å². The summed E-state index contributed by atoms with van der Waals surface area (Å²) < 4.78 is 0. The molecule has 1 heterocycles. The van der Waals surface area contributed by atoms with E-state index in [0.717, 1.165) is 24.9 Å². The fourth-order valence-electron chi connectivity index (χ4n) is 6.55. The fraction of sp³-hybridized carbons (Fsp3) is 0.458. The summed E-state index contributed by atoms with van der Waals surface area (Å²) in [5.41, 5.74) is 5.57. The Balaban J connectivity index is 1.46. The van der Waals surface area contributed by atoms with Gasteiger partial charge in [0.1, 0.15) is 0 Å². The third kappa shape index (κ3) is 2.40. The lowest BCUT2D eigenvalue weighted by molar-refractivity contribution is -0.0419. The van der Waals surface area contributed by atoms with Crippen LogP contribution in [0.15, 0.2) is 48.5 Å². The minimum Gasteiger partial charge on any atom is -0.311 e. The van der Waals surface area contributed by atoms with Crippen molar-refractivity contribution in [1.82, 2.24) is 10.2 Å². The van der Waals surface area contributed by atoms with Gasteiger partial charge in [0.25, 0.3) is 0 Å². The van der Waals surface area contributed by atoms with Crippen molar-refractivity contribution in [1.29, 1.82) is 5.26 Å². The van der Waals surface area contributed by atoms with Crippen molar-refractivity contribution in [3.8, 4) is 6.07 Å². The van der Waals surface area contributed by atoms with Crippen LogP contribution in [0.5, 0.6) is 0 Å². The van der Waals surface area contributed by atoms with E-state index in [-0.39, 0.29) is 5.41 Å². The molecule has 0 amide bonds. The van der Waals surface area contributed by atoms with Gasteiger partial charge in [-0.3, -0.25) is 0 Å². The third-order valence-corrected chi connectivity index (χ3v) is 7.41. The number of likely N-dealkylation sites (tertiary alicyclic amines) is 1. The largest absolute Gasteiger partial charge is 0.311 e. The van der Waals surface area contributed by atoms with Crippen LogP contribution in [0.2, 0.25) is 0 Å². The molecule has 3 nitrogen and oxygen atoms in total. The molecule has 1 saturated heterocycles. The van der Waals surface area contributed by atoms with Gasteiger partial charge in [-0.15, -0.1) is 0 Å². The highest BCUT2D eigenvalue weighted by Crippen LogP contribution is 2.63. The minimum absolute atomic E-state index is 0.104. The second kappa shape index (κ2) is 5.92. The zero-order valence-corrected chi connectivity index (χ0v) is 16.2. The number of fused-ring (bicyclic) bond motifs is 3.